The monoisotopic (exact) mass is 546 g/mol. The average molecular weight is 547 g/mol. The number of benzene rings is 1. The van der Waals surface area contributed by atoms with Crippen molar-refractivity contribution in [1.29, 1.82) is 5.41 Å². The Labute approximate surface area is 237 Å². The number of rotatable bonds is 13. The van der Waals surface area contributed by atoms with E-state index in [-0.39, 0.29) is 12.1 Å². The van der Waals surface area contributed by atoms with Gasteiger partial charge in [0.2, 0.25) is 11.8 Å². The van der Waals surface area contributed by atoms with Crippen LogP contribution in [0.4, 0.5) is 5.69 Å². The van der Waals surface area contributed by atoms with Crippen LogP contribution in [0.5, 0.6) is 0 Å². The van der Waals surface area contributed by atoms with Gasteiger partial charge in [-0.25, -0.2) is 9.98 Å². The van der Waals surface area contributed by atoms with Gasteiger partial charge in [-0.05, 0) is 77.3 Å². The zero-order valence-corrected chi connectivity index (χ0v) is 24.4. The van der Waals surface area contributed by atoms with Crippen LogP contribution in [-0.4, -0.2) is 46.6 Å². The fourth-order valence-electron chi connectivity index (χ4n) is 4.21. The Bertz CT molecular complexity index is 1340. The summed E-state index contributed by atoms with van der Waals surface area (Å²) in [4.78, 5) is 14.8. The molecule has 2 aromatic rings. The predicted octanol–water partition coefficient (Wildman–Crippen LogP) is 5.68. The van der Waals surface area contributed by atoms with E-state index in [1.807, 2.05) is 24.3 Å². The van der Waals surface area contributed by atoms with Crippen molar-refractivity contribution in [2.75, 3.05) is 18.4 Å². The summed E-state index contributed by atoms with van der Waals surface area (Å²) in [6.07, 6.45) is 7.66. The highest BCUT2D eigenvalue weighted by Crippen LogP contribution is 2.33. The minimum Gasteiger partial charge on any atom is -0.441 e. The van der Waals surface area contributed by atoms with Crippen LogP contribution in [0.1, 0.15) is 71.6 Å². The molecule has 2 atom stereocenters. The van der Waals surface area contributed by atoms with Crippen LogP contribution in [0.3, 0.4) is 0 Å². The molecule has 0 radical (unpaired) electrons. The number of anilines is 1. The Morgan fingerprint density at radius 1 is 1.30 bits per heavy atom. The van der Waals surface area contributed by atoms with Crippen molar-refractivity contribution in [3.8, 4) is 11.5 Å². The van der Waals surface area contributed by atoms with Gasteiger partial charge in [0.15, 0.2) is 6.17 Å². The second-order valence-corrected chi connectivity index (χ2v) is 11.5. The van der Waals surface area contributed by atoms with E-state index in [0.717, 1.165) is 58.2 Å². The highest BCUT2D eigenvalue weighted by atomic mass is 16.7. The standard InChI is InChI=1S/C31H42N6O3/c1-8-21(28-36-30(40-37-28)22-9-10-22)14-26(18(2)3)33-15-19(4)27-16-34-29(39-27)23-11-12-25(24(13-23)20(5)32)35-17-31(6,7)38/h8,11-14,16,19,22,28,32-33,35,37-38H,1,9-10,15,17H2,2-7H3/b21-14+,32-20?. The first-order valence-electron chi connectivity index (χ1n) is 13.8. The molecule has 5 N–H and O–H groups in total. The van der Waals surface area contributed by atoms with Gasteiger partial charge in [0.05, 0.1) is 11.8 Å². The van der Waals surface area contributed by atoms with E-state index in [9.17, 15) is 5.11 Å². The largest absolute Gasteiger partial charge is 0.441 e. The fraction of sp³-hybridized carbons (Fsp3) is 0.452. The summed E-state index contributed by atoms with van der Waals surface area (Å²) in [5, 5.41) is 25.1. The van der Waals surface area contributed by atoms with Crippen molar-refractivity contribution >= 4 is 17.3 Å². The number of aliphatic hydroxyl groups is 1. The van der Waals surface area contributed by atoms with E-state index in [0.29, 0.717) is 30.6 Å². The van der Waals surface area contributed by atoms with Crippen LogP contribution >= 0.6 is 0 Å². The smallest absolute Gasteiger partial charge is 0.226 e. The molecular formula is C31H42N6O3. The Balaban J connectivity index is 1.43. The molecule has 2 heterocycles. The molecule has 0 spiro atoms. The van der Waals surface area contributed by atoms with Crippen molar-refractivity contribution in [1.82, 2.24) is 15.8 Å². The minimum absolute atomic E-state index is 0.0558. The maximum Gasteiger partial charge on any atom is 0.226 e. The van der Waals surface area contributed by atoms with Crippen LogP contribution in [0.2, 0.25) is 0 Å². The molecule has 1 aliphatic heterocycles. The van der Waals surface area contributed by atoms with Gasteiger partial charge >= 0.3 is 0 Å². The first-order valence-corrected chi connectivity index (χ1v) is 13.8. The lowest BCUT2D eigenvalue weighted by atomic mass is 10.0. The summed E-state index contributed by atoms with van der Waals surface area (Å²) in [7, 11) is 0. The fourth-order valence-corrected chi connectivity index (χ4v) is 4.21. The highest BCUT2D eigenvalue weighted by Gasteiger charge is 2.34. The summed E-state index contributed by atoms with van der Waals surface area (Å²) in [5.74, 6) is 2.57. The van der Waals surface area contributed by atoms with E-state index < -0.39 is 5.60 Å². The molecule has 0 bridgehead atoms. The number of aliphatic imine (C=N–C) groups is 1. The van der Waals surface area contributed by atoms with E-state index >= 15 is 0 Å². The molecule has 1 fully saturated rings. The van der Waals surface area contributed by atoms with Gasteiger partial charge in [-0.2, -0.15) is 0 Å². The van der Waals surface area contributed by atoms with E-state index in [4.69, 9.17) is 19.7 Å². The molecule has 0 saturated heterocycles. The molecule has 40 heavy (non-hydrogen) atoms. The lowest BCUT2D eigenvalue weighted by molar-refractivity contribution is 0.0945. The lowest BCUT2D eigenvalue weighted by Gasteiger charge is -2.20. The molecule has 1 aromatic carbocycles. The number of hydrogen-bond acceptors (Lipinski definition) is 9. The van der Waals surface area contributed by atoms with Gasteiger partial charge in [0.1, 0.15) is 5.76 Å². The van der Waals surface area contributed by atoms with Gasteiger partial charge in [0, 0.05) is 53.1 Å². The highest BCUT2D eigenvalue weighted by molar-refractivity contribution is 6.02. The zero-order valence-electron chi connectivity index (χ0n) is 24.4. The normalized spacial score (nSPS) is 18.0. The SMILES string of the molecule is C=C/C(=C\C(NCC(C)c1cnc(-c2ccc(NCC(C)(C)O)c(C(C)=N)c2)o1)=C(C)C)C1N=C(C2CC2)ON1. The van der Waals surface area contributed by atoms with Gasteiger partial charge in [-0.1, -0.05) is 25.2 Å². The van der Waals surface area contributed by atoms with Crippen LogP contribution in [-0.2, 0) is 4.84 Å². The van der Waals surface area contributed by atoms with Crippen LogP contribution in [0.25, 0.3) is 11.5 Å². The van der Waals surface area contributed by atoms with Crippen LogP contribution in [0, 0.1) is 11.3 Å². The number of hydrogen-bond donors (Lipinski definition) is 5. The van der Waals surface area contributed by atoms with Gasteiger partial charge in [0.25, 0.3) is 0 Å². The minimum atomic E-state index is -0.864. The molecule has 1 saturated carbocycles. The molecular weight excluding hydrogens is 504 g/mol. The van der Waals surface area contributed by atoms with Crippen LogP contribution < -0.4 is 16.1 Å². The Kier molecular flexibility index (Phi) is 8.95. The van der Waals surface area contributed by atoms with Crippen molar-refractivity contribution in [2.45, 2.75) is 72.1 Å². The molecule has 4 rings (SSSR count). The van der Waals surface area contributed by atoms with Gasteiger partial charge in [-0.15, -0.1) is 5.48 Å². The third kappa shape index (κ3) is 7.49. The van der Waals surface area contributed by atoms with Crippen molar-refractivity contribution in [3.05, 3.63) is 71.3 Å². The molecule has 0 amide bonds. The summed E-state index contributed by atoms with van der Waals surface area (Å²) in [6, 6.07) is 5.71. The average Bonchev–Trinajstić information content (AvgIpc) is 3.42. The van der Waals surface area contributed by atoms with E-state index in [1.54, 1.807) is 27.0 Å². The topological polar surface area (TPSA) is 128 Å². The third-order valence-corrected chi connectivity index (χ3v) is 6.85. The first-order chi connectivity index (χ1) is 18.9. The quantitative estimate of drug-likeness (QED) is 0.161. The summed E-state index contributed by atoms with van der Waals surface area (Å²) in [6.45, 7) is 16.5. The molecule has 1 aliphatic carbocycles. The first kappa shape index (κ1) is 29.3. The zero-order chi connectivity index (χ0) is 29.0. The van der Waals surface area contributed by atoms with E-state index in [2.05, 4.69) is 54.5 Å². The molecule has 9 heteroatoms. The number of nitrogens with one attached hydrogen (secondary N) is 4. The third-order valence-electron chi connectivity index (χ3n) is 6.85. The summed E-state index contributed by atoms with van der Waals surface area (Å²) >= 11 is 0. The molecule has 214 valence electrons. The van der Waals surface area contributed by atoms with Gasteiger partial charge in [-0.3, -0.25) is 0 Å². The van der Waals surface area contributed by atoms with Crippen molar-refractivity contribution in [2.24, 2.45) is 10.9 Å². The van der Waals surface area contributed by atoms with Crippen molar-refractivity contribution in [3.63, 3.8) is 0 Å². The Hall–Kier alpha value is -3.69. The molecule has 1 aromatic heterocycles. The number of aromatic nitrogens is 1. The number of oxazole rings is 1. The summed E-state index contributed by atoms with van der Waals surface area (Å²) < 4.78 is 6.16. The number of nitrogens with zero attached hydrogens (tertiary/aromatic N) is 2. The number of hydroxylamine groups is 1. The summed E-state index contributed by atoms with van der Waals surface area (Å²) in [5.41, 5.74) is 7.97. The van der Waals surface area contributed by atoms with Crippen LogP contribution in [0.15, 0.2) is 69.4 Å². The maximum atomic E-state index is 10.1. The Morgan fingerprint density at radius 3 is 2.67 bits per heavy atom. The molecule has 2 aliphatic rings. The second kappa shape index (κ2) is 12.2. The predicted molar refractivity (Wildman–Crippen MR) is 160 cm³/mol. The molecule has 2 unspecified atom stereocenters. The second-order valence-electron chi connectivity index (χ2n) is 11.5. The Morgan fingerprint density at radius 2 is 2.05 bits per heavy atom. The molecule has 9 nitrogen and oxygen atoms in total. The van der Waals surface area contributed by atoms with Gasteiger partial charge < -0.3 is 30.4 Å². The maximum absolute atomic E-state index is 10.1. The van der Waals surface area contributed by atoms with E-state index in [1.165, 1.54) is 0 Å². The number of allylic oxidation sites excluding steroid dienone is 2. The van der Waals surface area contributed by atoms with Crippen molar-refractivity contribution < 1.29 is 14.4 Å². The lowest BCUT2D eigenvalue weighted by Crippen LogP contribution is -2.29.